The fourth-order valence-corrected chi connectivity index (χ4v) is 0.444. The molecule has 0 aliphatic carbocycles. The Morgan fingerprint density at radius 3 is 1.65 bits per heavy atom. The Hall–Kier alpha value is -2.15. The van der Waals surface area contributed by atoms with Crippen LogP contribution in [0.3, 0.4) is 0 Å². The zero-order chi connectivity index (χ0) is 14.0. The van der Waals surface area contributed by atoms with Crippen molar-refractivity contribution < 1.29 is 34.4 Å². The zero-order valence-corrected chi connectivity index (χ0v) is 9.41. The molecular weight excluding hydrogens is 232 g/mol. The summed E-state index contributed by atoms with van der Waals surface area (Å²) in [6.07, 6.45) is 0.294. The summed E-state index contributed by atoms with van der Waals surface area (Å²) in [4.78, 5) is 29.6. The van der Waals surface area contributed by atoms with E-state index in [1.54, 1.807) is 0 Å². The number of hydrogen-bond acceptors (Lipinski definition) is 5. The molecule has 0 aromatic carbocycles. The molecule has 1 unspecified atom stereocenters. The van der Waals surface area contributed by atoms with E-state index in [9.17, 15) is 14.4 Å². The van der Waals surface area contributed by atoms with Crippen LogP contribution in [0, 0.1) is 0 Å². The van der Waals surface area contributed by atoms with Gasteiger partial charge in [0.2, 0.25) is 0 Å². The van der Waals surface area contributed by atoms with Gasteiger partial charge in [-0.25, -0.2) is 14.4 Å². The lowest BCUT2D eigenvalue weighted by Crippen LogP contribution is -2.14. The van der Waals surface area contributed by atoms with Crippen LogP contribution in [0.5, 0.6) is 0 Å². The van der Waals surface area contributed by atoms with Gasteiger partial charge in [-0.05, 0) is 6.92 Å². The first-order chi connectivity index (χ1) is 7.72. The number of methoxy groups -OCH3 is 1. The maximum absolute atomic E-state index is 10.5. The summed E-state index contributed by atoms with van der Waals surface area (Å²) in [6, 6.07) is 0. The number of carbonyl (C=O) groups is 3. The molecular formula is C10H14O7. The van der Waals surface area contributed by atoms with Crippen LogP contribution in [-0.2, 0) is 19.1 Å². The molecule has 1 atom stereocenters. The molecule has 0 amide bonds. The van der Waals surface area contributed by atoms with Gasteiger partial charge in [-0.2, -0.15) is 0 Å². The van der Waals surface area contributed by atoms with Crippen molar-refractivity contribution in [2.24, 2.45) is 0 Å². The minimum atomic E-state index is -1.26. The van der Waals surface area contributed by atoms with Crippen molar-refractivity contribution in [1.82, 2.24) is 0 Å². The van der Waals surface area contributed by atoms with Gasteiger partial charge in [0, 0.05) is 12.2 Å². The number of aliphatic carboxylic acids is 2. The van der Waals surface area contributed by atoms with Crippen molar-refractivity contribution in [1.29, 1.82) is 0 Å². The molecule has 0 spiro atoms. The highest BCUT2D eigenvalue weighted by atomic mass is 16.5. The highest BCUT2D eigenvalue weighted by Crippen LogP contribution is 1.98. The SMILES string of the molecule is C=C(C(=O)OC)C(C)O.O=C(O)/C=C\C(=O)O. The Morgan fingerprint density at radius 1 is 1.18 bits per heavy atom. The van der Waals surface area contributed by atoms with E-state index < -0.39 is 24.0 Å². The minimum absolute atomic E-state index is 0.0810. The molecule has 0 radical (unpaired) electrons. The van der Waals surface area contributed by atoms with Crippen molar-refractivity contribution in [3.8, 4) is 0 Å². The summed E-state index contributed by atoms with van der Waals surface area (Å²) in [5, 5.41) is 24.3. The Morgan fingerprint density at radius 2 is 1.53 bits per heavy atom. The van der Waals surface area contributed by atoms with Gasteiger partial charge in [-0.3, -0.25) is 0 Å². The molecule has 96 valence electrons. The first kappa shape index (κ1) is 17.3. The molecule has 7 nitrogen and oxygen atoms in total. The number of aliphatic hydroxyl groups is 1. The number of hydrogen-bond donors (Lipinski definition) is 3. The van der Waals surface area contributed by atoms with Crippen LogP contribution in [0.15, 0.2) is 24.3 Å². The molecule has 0 saturated heterocycles. The molecule has 0 aromatic heterocycles. The summed E-state index contributed by atoms with van der Waals surface area (Å²) in [6.45, 7) is 4.76. The third kappa shape index (κ3) is 11.8. The molecule has 0 bridgehead atoms. The van der Waals surface area contributed by atoms with Crippen LogP contribution in [0.25, 0.3) is 0 Å². The second-order valence-corrected chi connectivity index (χ2v) is 2.70. The van der Waals surface area contributed by atoms with Gasteiger partial charge >= 0.3 is 17.9 Å². The first-order valence-electron chi connectivity index (χ1n) is 4.31. The maximum atomic E-state index is 10.5. The average Bonchev–Trinajstić information content (AvgIpc) is 2.24. The lowest BCUT2D eigenvalue weighted by Gasteiger charge is -2.03. The molecule has 0 fully saturated rings. The largest absolute Gasteiger partial charge is 0.478 e. The van der Waals surface area contributed by atoms with E-state index in [0.29, 0.717) is 12.2 Å². The maximum Gasteiger partial charge on any atom is 0.335 e. The van der Waals surface area contributed by atoms with Gasteiger partial charge in [0.05, 0.1) is 18.8 Å². The van der Waals surface area contributed by atoms with Gasteiger partial charge < -0.3 is 20.1 Å². The Kier molecular flexibility index (Phi) is 9.24. The molecule has 0 aliphatic rings. The number of aliphatic hydroxyl groups excluding tert-OH is 1. The number of carboxylic acid groups (broad SMARTS) is 2. The summed E-state index contributed by atoms with van der Waals surface area (Å²) in [5.74, 6) is -3.08. The van der Waals surface area contributed by atoms with Crippen molar-refractivity contribution in [3.63, 3.8) is 0 Å². The number of ether oxygens (including phenoxy) is 1. The van der Waals surface area contributed by atoms with Gasteiger partial charge in [0.25, 0.3) is 0 Å². The smallest absolute Gasteiger partial charge is 0.335 e. The molecule has 0 heterocycles. The number of carbonyl (C=O) groups excluding carboxylic acids is 1. The molecule has 0 aliphatic heterocycles. The van der Waals surface area contributed by atoms with Crippen LogP contribution in [0.4, 0.5) is 0 Å². The highest BCUT2D eigenvalue weighted by Gasteiger charge is 2.10. The lowest BCUT2D eigenvalue weighted by atomic mass is 10.2. The fraction of sp³-hybridized carbons (Fsp3) is 0.300. The van der Waals surface area contributed by atoms with E-state index in [2.05, 4.69) is 11.3 Å². The zero-order valence-electron chi connectivity index (χ0n) is 9.41. The predicted octanol–water partition coefficient (Wildman–Crippen LogP) is -0.192. The molecule has 0 rings (SSSR count). The summed E-state index contributed by atoms with van der Waals surface area (Å²) < 4.78 is 4.27. The minimum Gasteiger partial charge on any atom is -0.478 e. The van der Waals surface area contributed by atoms with Gasteiger partial charge in [0.1, 0.15) is 0 Å². The first-order valence-corrected chi connectivity index (χ1v) is 4.31. The third-order valence-electron chi connectivity index (χ3n) is 1.32. The van der Waals surface area contributed by atoms with Crippen molar-refractivity contribution in [2.45, 2.75) is 13.0 Å². The highest BCUT2D eigenvalue weighted by molar-refractivity contribution is 5.89. The summed E-state index contributed by atoms with van der Waals surface area (Å²) in [5.41, 5.74) is 0.0810. The van der Waals surface area contributed by atoms with E-state index in [1.807, 2.05) is 0 Å². The van der Waals surface area contributed by atoms with E-state index in [-0.39, 0.29) is 5.57 Å². The normalized spacial score (nSPS) is 11.0. The van der Waals surface area contributed by atoms with Crippen LogP contribution >= 0.6 is 0 Å². The quantitative estimate of drug-likeness (QED) is 0.464. The Balaban J connectivity index is 0. The molecule has 3 N–H and O–H groups in total. The third-order valence-corrected chi connectivity index (χ3v) is 1.32. The lowest BCUT2D eigenvalue weighted by molar-refractivity contribution is -0.137. The monoisotopic (exact) mass is 246 g/mol. The van der Waals surface area contributed by atoms with Crippen molar-refractivity contribution in [3.05, 3.63) is 24.3 Å². The van der Waals surface area contributed by atoms with Crippen LogP contribution in [-0.4, -0.2) is 46.4 Å². The summed E-state index contributed by atoms with van der Waals surface area (Å²) in [7, 11) is 1.25. The Labute approximate surface area is 97.6 Å². The number of rotatable bonds is 4. The Bertz CT molecular complexity index is 312. The standard InChI is InChI=1S/C6H10O3.C4H4O4/c1-4(5(2)7)6(8)9-3;5-3(6)1-2-4(7)8/h5,7H,1H2,2-3H3;1-2H,(H,5,6)(H,7,8)/b;2-1-. The molecule has 17 heavy (non-hydrogen) atoms. The van der Waals surface area contributed by atoms with Crippen LogP contribution in [0.1, 0.15) is 6.92 Å². The van der Waals surface area contributed by atoms with Crippen molar-refractivity contribution >= 4 is 17.9 Å². The molecule has 0 saturated carbocycles. The second kappa shape index (κ2) is 9.10. The molecule has 0 aromatic rings. The van der Waals surface area contributed by atoms with Gasteiger partial charge in [0.15, 0.2) is 0 Å². The average molecular weight is 246 g/mol. The molecule has 7 heteroatoms. The fourth-order valence-electron chi connectivity index (χ4n) is 0.444. The topological polar surface area (TPSA) is 121 Å². The van der Waals surface area contributed by atoms with E-state index in [1.165, 1.54) is 14.0 Å². The predicted molar refractivity (Wildman–Crippen MR) is 57.2 cm³/mol. The van der Waals surface area contributed by atoms with E-state index in [0.717, 1.165) is 0 Å². The van der Waals surface area contributed by atoms with Gasteiger partial charge in [-0.1, -0.05) is 6.58 Å². The van der Waals surface area contributed by atoms with Gasteiger partial charge in [-0.15, -0.1) is 0 Å². The second-order valence-electron chi connectivity index (χ2n) is 2.70. The van der Waals surface area contributed by atoms with Crippen LogP contribution in [0.2, 0.25) is 0 Å². The van der Waals surface area contributed by atoms with E-state index in [4.69, 9.17) is 15.3 Å². The number of esters is 1. The van der Waals surface area contributed by atoms with Crippen molar-refractivity contribution in [2.75, 3.05) is 7.11 Å². The van der Waals surface area contributed by atoms with Crippen LogP contribution < -0.4 is 0 Å². The van der Waals surface area contributed by atoms with E-state index >= 15 is 0 Å². The summed E-state index contributed by atoms with van der Waals surface area (Å²) >= 11 is 0. The number of carboxylic acids is 2.